The number of nitrogens with zero attached hydrogens (tertiary/aromatic N) is 1. The van der Waals surface area contributed by atoms with Crippen LogP contribution >= 0.6 is 15.9 Å². The van der Waals surface area contributed by atoms with E-state index in [-0.39, 0.29) is 11.3 Å². The lowest BCUT2D eigenvalue weighted by atomic mass is 10.1. The van der Waals surface area contributed by atoms with E-state index in [1.54, 1.807) is 24.3 Å². The van der Waals surface area contributed by atoms with Gasteiger partial charge in [-0.25, -0.2) is 14.1 Å². The molecular weight excluding hydrogens is 379 g/mol. The fraction of sp³-hybridized carbons (Fsp3) is 0. The highest BCUT2D eigenvalue weighted by atomic mass is 79.9. The van der Waals surface area contributed by atoms with Gasteiger partial charge in [0, 0.05) is 4.47 Å². The molecule has 0 spiro atoms. The van der Waals surface area contributed by atoms with Gasteiger partial charge in [0.05, 0.1) is 5.69 Å². The molecule has 0 radical (unpaired) electrons. The third-order valence-electron chi connectivity index (χ3n) is 3.37. The summed E-state index contributed by atoms with van der Waals surface area (Å²) in [5, 5.41) is 2.11. The molecule has 1 aliphatic heterocycles. The number of nitrogens with one attached hydrogen (secondary N) is 1. The van der Waals surface area contributed by atoms with Crippen molar-refractivity contribution in [3.05, 3.63) is 70.0 Å². The normalized spacial score (nSPS) is 16.5. The Morgan fingerprint density at radius 1 is 0.958 bits per heavy atom. The van der Waals surface area contributed by atoms with Gasteiger partial charge in [0.2, 0.25) is 0 Å². The second kappa shape index (κ2) is 6.37. The molecule has 1 fully saturated rings. The zero-order valence-corrected chi connectivity index (χ0v) is 13.7. The van der Waals surface area contributed by atoms with E-state index in [1.807, 2.05) is 0 Å². The van der Waals surface area contributed by atoms with Crippen molar-refractivity contribution in [1.29, 1.82) is 0 Å². The highest BCUT2D eigenvalue weighted by Crippen LogP contribution is 2.22. The molecule has 0 aliphatic carbocycles. The van der Waals surface area contributed by atoms with Crippen molar-refractivity contribution in [3.8, 4) is 0 Å². The van der Waals surface area contributed by atoms with Crippen LogP contribution in [0.2, 0.25) is 0 Å². The van der Waals surface area contributed by atoms with Gasteiger partial charge in [0.25, 0.3) is 11.8 Å². The summed E-state index contributed by atoms with van der Waals surface area (Å²) >= 11 is 3.30. The Bertz CT molecular complexity index is 860. The van der Waals surface area contributed by atoms with Gasteiger partial charge < -0.3 is 0 Å². The van der Waals surface area contributed by atoms with Crippen LogP contribution in [0.25, 0.3) is 6.08 Å². The van der Waals surface area contributed by atoms with Crippen molar-refractivity contribution in [2.24, 2.45) is 0 Å². The fourth-order valence-electron chi connectivity index (χ4n) is 2.21. The number of imide groups is 2. The average Bonchev–Trinajstić information content (AvgIpc) is 2.55. The van der Waals surface area contributed by atoms with Gasteiger partial charge in [0.1, 0.15) is 11.4 Å². The molecule has 0 bridgehead atoms. The minimum Gasteiger partial charge on any atom is -0.273 e. The van der Waals surface area contributed by atoms with Crippen molar-refractivity contribution in [2.75, 3.05) is 4.90 Å². The van der Waals surface area contributed by atoms with E-state index in [0.29, 0.717) is 5.56 Å². The summed E-state index contributed by atoms with van der Waals surface area (Å²) in [5.41, 5.74) is 0.624. The Morgan fingerprint density at radius 3 is 2.21 bits per heavy atom. The lowest BCUT2D eigenvalue weighted by Crippen LogP contribution is -2.54. The van der Waals surface area contributed by atoms with Gasteiger partial charge in [-0.15, -0.1) is 0 Å². The third-order valence-corrected chi connectivity index (χ3v) is 3.90. The van der Waals surface area contributed by atoms with Gasteiger partial charge in [-0.2, -0.15) is 0 Å². The van der Waals surface area contributed by atoms with Crippen LogP contribution < -0.4 is 10.2 Å². The molecule has 5 nitrogen and oxygen atoms in total. The summed E-state index contributed by atoms with van der Waals surface area (Å²) in [6.45, 7) is 0. The zero-order chi connectivity index (χ0) is 17.3. The fourth-order valence-corrected chi connectivity index (χ4v) is 2.47. The molecule has 0 saturated carbocycles. The molecule has 7 heteroatoms. The van der Waals surface area contributed by atoms with E-state index in [0.717, 1.165) is 21.5 Å². The molecule has 0 atom stereocenters. The number of carbonyl (C=O) groups is 3. The highest BCUT2D eigenvalue weighted by molar-refractivity contribution is 9.10. The zero-order valence-electron chi connectivity index (χ0n) is 12.1. The smallest absolute Gasteiger partial charge is 0.273 e. The Kier molecular flexibility index (Phi) is 4.26. The van der Waals surface area contributed by atoms with Gasteiger partial charge in [-0.3, -0.25) is 14.9 Å². The summed E-state index contributed by atoms with van der Waals surface area (Å²) in [5.74, 6) is -2.03. The molecule has 3 rings (SSSR count). The van der Waals surface area contributed by atoms with Crippen molar-refractivity contribution < 1.29 is 18.8 Å². The Hall–Kier alpha value is -2.80. The number of carbonyl (C=O) groups excluding carboxylic acids is 3. The molecule has 2 aromatic rings. The van der Waals surface area contributed by atoms with Crippen LogP contribution in [0.15, 0.2) is 58.6 Å². The minimum atomic E-state index is -0.871. The Morgan fingerprint density at radius 2 is 1.58 bits per heavy atom. The first-order valence-corrected chi connectivity index (χ1v) is 7.67. The van der Waals surface area contributed by atoms with Crippen molar-refractivity contribution in [2.45, 2.75) is 0 Å². The maximum atomic E-state index is 13.0. The largest absolute Gasteiger partial charge is 0.335 e. The third kappa shape index (κ3) is 3.11. The molecule has 1 aliphatic rings. The molecule has 1 heterocycles. The first-order chi connectivity index (χ1) is 11.5. The summed E-state index contributed by atoms with van der Waals surface area (Å²) in [7, 11) is 0. The number of hydrogen-bond acceptors (Lipinski definition) is 3. The maximum Gasteiger partial charge on any atom is 0.335 e. The van der Waals surface area contributed by atoms with E-state index in [9.17, 15) is 18.8 Å². The predicted octanol–water partition coefficient (Wildman–Crippen LogP) is 3.25. The first-order valence-electron chi connectivity index (χ1n) is 6.88. The van der Waals surface area contributed by atoms with Crippen LogP contribution in [0.4, 0.5) is 14.9 Å². The van der Waals surface area contributed by atoms with Crippen molar-refractivity contribution in [1.82, 2.24) is 5.32 Å². The van der Waals surface area contributed by atoms with Crippen LogP contribution in [0, 0.1) is 5.82 Å². The molecule has 2 aromatic carbocycles. The maximum absolute atomic E-state index is 13.0. The summed E-state index contributed by atoms with van der Waals surface area (Å²) in [4.78, 5) is 37.4. The molecule has 1 saturated heterocycles. The van der Waals surface area contributed by atoms with E-state index in [2.05, 4.69) is 21.2 Å². The van der Waals surface area contributed by atoms with E-state index in [1.165, 1.54) is 18.2 Å². The average molecular weight is 389 g/mol. The number of hydrogen-bond donors (Lipinski definition) is 1. The van der Waals surface area contributed by atoms with Gasteiger partial charge in [0.15, 0.2) is 0 Å². The van der Waals surface area contributed by atoms with Gasteiger partial charge >= 0.3 is 6.03 Å². The molecule has 24 heavy (non-hydrogen) atoms. The van der Waals surface area contributed by atoms with Crippen LogP contribution in [0.5, 0.6) is 0 Å². The second-order valence-corrected chi connectivity index (χ2v) is 5.90. The minimum absolute atomic E-state index is 0.174. The standard InChI is InChI=1S/C17H10BrFN2O3/c18-11-3-1-10(2-4-11)9-14-15(22)20-17(24)21(16(14)23)13-7-5-12(19)6-8-13/h1-9H,(H,20,22,24)/b14-9+. The van der Waals surface area contributed by atoms with E-state index < -0.39 is 23.7 Å². The Labute approximate surface area is 144 Å². The number of barbiturate groups is 1. The number of urea groups is 1. The van der Waals surface area contributed by atoms with E-state index >= 15 is 0 Å². The van der Waals surface area contributed by atoms with Crippen molar-refractivity contribution in [3.63, 3.8) is 0 Å². The quantitative estimate of drug-likeness (QED) is 0.634. The lowest BCUT2D eigenvalue weighted by molar-refractivity contribution is -0.122. The second-order valence-electron chi connectivity index (χ2n) is 4.99. The number of rotatable bonds is 2. The number of benzene rings is 2. The van der Waals surface area contributed by atoms with Gasteiger partial charge in [-0.05, 0) is 48.0 Å². The van der Waals surface area contributed by atoms with Crippen LogP contribution in [0.1, 0.15) is 5.56 Å². The summed E-state index contributed by atoms with van der Waals surface area (Å²) in [6.07, 6.45) is 1.40. The van der Waals surface area contributed by atoms with Crippen LogP contribution in [0.3, 0.4) is 0 Å². The molecule has 0 aromatic heterocycles. The first kappa shape index (κ1) is 16.1. The lowest BCUT2D eigenvalue weighted by Gasteiger charge is -2.26. The topological polar surface area (TPSA) is 66.5 Å². The monoisotopic (exact) mass is 388 g/mol. The summed E-state index contributed by atoms with van der Waals surface area (Å²) in [6, 6.07) is 10.9. The molecule has 120 valence electrons. The number of halogens is 2. The molecule has 1 N–H and O–H groups in total. The predicted molar refractivity (Wildman–Crippen MR) is 89.5 cm³/mol. The van der Waals surface area contributed by atoms with Gasteiger partial charge in [-0.1, -0.05) is 28.1 Å². The van der Waals surface area contributed by atoms with E-state index in [4.69, 9.17) is 0 Å². The van der Waals surface area contributed by atoms with Crippen LogP contribution in [-0.4, -0.2) is 17.8 Å². The Balaban J connectivity index is 1.99. The SMILES string of the molecule is O=C1NC(=O)N(c2ccc(F)cc2)C(=O)/C1=C/c1ccc(Br)cc1. The number of anilines is 1. The number of amides is 4. The van der Waals surface area contributed by atoms with Crippen LogP contribution in [-0.2, 0) is 9.59 Å². The molecule has 4 amide bonds. The molecule has 0 unspecified atom stereocenters. The van der Waals surface area contributed by atoms with Crippen molar-refractivity contribution >= 4 is 45.5 Å². The highest BCUT2D eigenvalue weighted by Gasteiger charge is 2.36. The molecular formula is C17H10BrFN2O3. The summed E-state index contributed by atoms with van der Waals surface area (Å²) < 4.78 is 13.9.